The van der Waals surface area contributed by atoms with Gasteiger partial charge in [-0.1, -0.05) is 42.4 Å². The van der Waals surface area contributed by atoms with Gasteiger partial charge in [-0.05, 0) is 37.6 Å². The summed E-state index contributed by atoms with van der Waals surface area (Å²) in [6.07, 6.45) is 3.27. The minimum atomic E-state index is -0.736. The number of halogens is 3. The first-order valence-corrected chi connectivity index (χ1v) is 11.0. The van der Waals surface area contributed by atoms with Crippen molar-refractivity contribution >= 4 is 52.3 Å². The van der Waals surface area contributed by atoms with E-state index in [1.807, 2.05) is 4.90 Å². The molecule has 1 fully saturated rings. The molecule has 0 saturated carbocycles. The monoisotopic (exact) mass is 481 g/mol. The summed E-state index contributed by atoms with van der Waals surface area (Å²) in [6, 6.07) is 7.90. The van der Waals surface area contributed by atoms with Gasteiger partial charge in [-0.15, -0.1) is 0 Å². The summed E-state index contributed by atoms with van der Waals surface area (Å²) in [5, 5.41) is 0.851. The van der Waals surface area contributed by atoms with Crippen LogP contribution in [0.15, 0.2) is 54.3 Å². The van der Waals surface area contributed by atoms with Crippen LogP contribution < -0.4 is 4.90 Å². The molecule has 3 aromatic rings. The smallest absolute Gasteiger partial charge is 0.247 e. The lowest BCUT2D eigenvalue weighted by Gasteiger charge is -2.36. The van der Waals surface area contributed by atoms with Gasteiger partial charge in [0.2, 0.25) is 5.91 Å². The van der Waals surface area contributed by atoms with Gasteiger partial charge in [-0.2, -0.15) is 0 Å². The number of carbonyl (C=O) groups excluding carboxylic acids is 1. The summed E-state index contributed by atoms with van der Waals surface area (Å²) in [4.78, 5) is 28.0. The number of anilines is 1. The number of aliphatic imine (C=N–C) groups is 1. The predicted octanol–water partition coefficient (Wildman–Crippen LogP) is 5.41. The second-order valence-corrected chi connectivity index (χ2v) is 8.20. The molecular weight excluding hydrogens is 460 g/mol. The van der Waals surface area contributed by atoms with Crippen molar-refractivity contribution in [1.82, 2.24) is 14.9 Å². The summed E-state index contributed by atoms with van der Waals surface area (Å²) in [7, 11) is 0. The second kappa shape index (κ2) is 9.69. The predicted molar refractivity (Wildman–Crippen MR) is 132 cm³/mol. The van der Waals surface area contributed by atoms with E-state index in [1.165, 1.54) is 18.5 Å². The zero-order valence-electron chi connectivity index (χ0n) is 18.6. The minimum Gasteiger partial charge on any atom is -0.338 e. The molecule has 1 saturated heterocycles. The molecule has 6 nitrogen and oxygen atoms in total. The molecule has 1 amide bonds. The van der Waals surface area contributed by atoms with Crippen LogP contribution in [0, 0.1) is 12.7 Å². The van der Waals surface area contributed by atoms with Crippen LogP contribution in [0.5, 0.6) is 0 Å². The standard InChI is InChI=1S/C25H22ClF2N5O/c1-4-19(34)32-11-6-12-33(14-32)25-15(2)23(30-13-31-25)22(28)24(29-3)17-8-5-7-16-9-10-18(27)21(26)20(16)17/h4-5,7-10,13H,1,3,6,11-12,14H2,2H3/b24-22+. The van der Waals surface area contributed by atoms with Crippen LogP contribution in [-0.2, 0) is 4.79 Å². The van der Waals surface area contributed by atoms with Crippen molar-refractivity contribution in [2.24, 2.45) is 4.99 Å². The first kappa shape index (κ1) is 23.5. The Morgan fingerprint density at radius 1 is 1.24 bits per heavy atom. The quantitative estimate of drug-likeness (QED) is 0.361. The molecular formula is C25H22ClF2N5O. The minimum absolute atomic E-state index is 0.0316. The van der Waals surface area contributed by atoms with Crippen LogP contribution in [0.3, 0.4) is 0 Å². The Labute approximate surface area is 200 Å². The van der Waals surface area contributed by atoms with E-state index in [-0.39, 0.29) is 22.3 Å². The van der Waals surface area contributed by atoms with Crippen molar-refractivity contribution in [1.29, 1.82) is 0 Å². The Morgan fingerprint density at radius 3 is 2.76 bits per heavy atom. The van der Waals surface area contributed by atoms with E-state index in [1.54, 1.807) is 36.1 Å². The Bertz CT molecular complexity index is 1340. The van der Waals surface area contributed by atoms with E-state index in [9.17, 15) is 9.18 Å². The molecule has 2 aromatic carbocycles. The first-order chi connectivity index (χ1) is 16.4. The molecule has 9 heteroatoms. The molecule has 1 aromatic heterocycles. The van der Waals surface area contributed by atoms with Gasteiger partial charge in [-0.3, -0.25) is 9.79 Å². The first-order valence-electron chi connectivity index (χ1n) is 10.6. The van der Waals surface area contributed by atoms with E-state index in [4.69, 9.17) is 11.6 Å². The Balaban J connectivity index is 1.82. The molecule has 0 unspecified atom stereocenters. The van der Waals surface area contributed by atoms with Crippen LogP contribution in [0.2, 0.25) is 5.02 Å². The molecule has 4 rings (SSSR count). The van der Waals surface area contributed by atoms with Crippen molar-refractivity contribution in [2.75, 3.05) is 24.7 Å². The fourth-order valence-electron chi connectivity index (χ4n) is 4.15. The van der Waals surface area contributed by atoms with Crippen molar-refractivity contribution < 1.29 is 13.6 Å². The van der Waals surface area contributed by atoms with E-state index in [0.717, 1.165) is 6.42 Å². The molecule has 34 heavy (non-hydrogen) atoms. The normalized spacial score (nSPS) is 14.7. The fraction of sp³-hybridized carbons (Fsp3) is 0.200. The van der Waals surface area contributed by atoms with Gasteiger partial charge < -0.3 is 9.80 Å². The third kappa shape index (κ3) is 4.17. The van der Waals surface area contributed by atoms with E-state index < -0.39 is 11.6 Å². The Morgan fingerprint density at radius 2 is 2.03 bits per heavy atom. The number of carbonyl (C=O) groups is 1. The molecule has 2 heterocycles. The van der Waals surface area contributed by atoms with Gasteiger partial charge in [0.25, 0.3) is 0 Å². The van der Waals surface area contributed by atoms with Crippen molar-refractivity contribution in [3.8, 4) is 0 Å². The molecule has 0 bridgehead atoms. The highest BCUT2D eigenvalue weighted by Gasteiger charge is 2.25. The molecule has 1 aliphatic heterocycles. The number of hydrogen-bond acceptors (Lipinski definition) is 5. The van der Waals surface area contributed by atoms with Gasteiger partial charge >= 0.3 is 0 Å². The number of benzene rings is 2. The van der Waals surface area contributed by atoms with Crippen molar-refractivity contribution in [3.05, 3.63) is 77.0 Å². The zero-order valence-corrected chi connectivity index (χ0v) is 19.3. The van der Waals surface area contributed by atoms with Gasteiger partial charge in [0.05, 0.1) is 11.7 Å². The second-order valence-electron chi connectivity index (χ2n) is 7.82. The van der Waals surface area contributed by atoms with E-state index in [0.29, 0.717) is 47.5 Å². The fourth-order valence-corrected chi connectivity index (χ4v) is 4.43. The topological polar surface area (TPSA) is 61.7 Å². The Kier molecular flexibility index (Phi) is 6.70. The van der Waals surface area contributed by atoms with Gasteiger partial charge in [0, 0.05) is 29.6 Å². The van der Waals surface area contributed by atoms with Crippen LogP contribution in [0.25, 0.3) is 22.3 Å². The number of amides is 1. The van der Waals surface area contributed by atoms with E-state index in [2.05, 4.69) is 28.3 Å². The van der Waals surface area contributed by atoms with Gasteiger partial charge in [0.15, 0.2) is 5.83 Å². The highest BCUT2D eigenvalue weighted by Crippen LogP contribution is 2.38. The molecule has 0 aliphatic carbocycles. The zero-order chi connectivity index (χ0) is 24.4. The summed E-state index contributed by atoms with van der Waals surface area (Å²) in [5.74, 6) is -1.03. The van der Waals surface area contributed by atoms with Gasteiger partial charge in [0.1, 0.15) is 29.4 Å². The number of rotatable bonds is 5. The summed E-state index contributed by atoms with van der Waals surface area (Å²) in [5.41, 5.74) is 0.707. The molecule has 1 aliphatic rings. The van der Waals surface area contributed by atoms with Gasteiger partial charge in [-0.25, -0.2) is 18.7 Å². The maximum atomic E-state index is 15.9. The molecule has 0 radical (unpaired) electrons. The lowest BCUT2D eigenvalue weighted by molar-refractivity contribution is -0.126. The number of aromatic nitrogens is 2. The molecule has 0 N–H and O–H groups in total. The van der Waals surface area contributed by atoms with Crippen LogP contribution in [-0.4, -0.2) is 47.3 Å². The van der Waals surface area contributed by atoms with Crippen molar-refractivity contribution in [3.63, 3.8) is 0 Å². The maximum absolute atomic E-state index is 15.9. The average Bonchev–Trinajstić information content (AvgIpc) is 2.86. The SMILES string of the molecule is C=CC(=O)N1CCCN(c2ncnc(/C(F)=C(\N=C)c3cccc4ccc(F)c(Cl)c34)c2C)C1. The third-order valence-corrected chi connectivity index (χ3v) is 6.17. The summed E-state index contributed by atoms with van der Waals surface area (Å²) in [6.45, 7) is 10.3. The average molecular weight is 482 g/mol. The maximum Gasteiger partial charge on any atom is 0.247 e. The molecule has 0 atom stereocenters. The summed E-state index contributed by atoms with van der Waals surface area (Å²) < 4.78 is 30.1. The van der Waals surface area contributed by atoms with Crippen LogP contribution >= 0.6 is 11.6 Å². The molecule has 0 spiro atoms. The largest absolute Gasteiger partial charge is 0.338 e. The highest BCUT2D eigenvalue weighted by molar-refractivity contribution is 6.36. The van der Waals surface area contributed by atoms with Crippen LogP contribution in [0.4, 0.5) is 14.6 Å². The van der Waals surface area contributed by atoms with Crippen LogP contribution in [0.1, 0.15) is 23.2 Å². The molecule has 174 valence electrons. The lowest BCUT2D eigenvalue weighted by Crippen LogP contribution is -2.47. The lowest BCUT2D eigenvalue weighted by atomic mass is 10.00. The number of nitrogens with zero attached hydrogens (tertiary/aromatic N) is 5. The Hall–Kier alpha value is -3.65. The number of fused-ring (bicyclic) bond motifs is 1. The third-order valence-electron chi connectivity index (χ3n) is 5.80. The number of hydrogen-bond donors (Lipinski definition) is 0. The van der Waals surface area contributed by atoms with Crippen molar-refractivity contribution in [2.45, 2.75) is 13.3 Å². The van der Waals surface area contributed by atoms with E-state index >= 15 is 4.39 Å². The summed E-state index contributed by atoms with van der Waals surface area (Å²) >= 11 is 6.24. The highest BCUT2D eigenvalue weighted by atomic mass is 35.5.